The van der Waals surface area contributed by atoms with Crippen LogP contribution in [0.5, 0.6) is 0 Å². The van der Waals surface area contributed by atoms with E-state index < -0.39 is 11.9 Å². The van der Waals surface area contributed by atoms with Crippen LogP contribution in [0.25, 0.3) is 11.3 Å². The maximum absolute atomic E-state index is 12.8. The van der Waals surface area contributed by atoms with E-state index in [0.717, 1.165) is 11.1 Å². The van der Waals surface area contributed by atoms with E-state index in [1.54, 1.807) is 6.07 Å². The van der Waals surface area contributed by atoms with E-state index in [0.29, 0.717) is 15.8 Å². The highest BCUT2D eigenvalue weighted by molar-refractivity contribution is 7.14. The summed E-state index contributed by atoms with van der Waals surface area (Å²) in [5.74, 6) is -2.34. The molecule has 2 N–H and O–H groups in total. The van der Waals surface area contributed by atoms with Gasteiger partial charge in [-0.2, -0.15) is 0 Å². The number of hydrogen-bond donors (Lipinski definition) is 2. The third kappa shape index (κ3) is 4.77. The normalized spacial score (nSPS) is 12.9. The Kier molecular flexibility index (Phi) is 6.44. The Morgan fingerprint density at radius 1 is 1.14 bits per heavy atom. The maximum atomic E-state index is 12.8. The lowest BCUT2D eigenvalue weighted by atomic mass is 9.84. The molecule has 0 bridgehead atoms. The molecule has 0 fully saturated rings. The van der Waals surface area contributed by atoms with Gasteiger partial charge < -0.3 is 10.4 Å². The van der Waals surface area contributed by atoms with Crippen molar-refractivity contribution in [3.05, 3.63) is 70.6 Å². The number of carbonyl (C=O) groups excluding carboxylic acids is 1. The summed E-state index contributed by atoms with van der Waals surface area (Å²) < 4.78 is 0. The van der Waals surface area contributed by atoms with Crippen LogP contribution >= 0.6 is 22.9 Å². The number of carboxylic acid groups (broad SMARTS) is 1. The molecule has 0 aliphatic carbocycles. The zero-order chi connectivity index (χ0) is 20.1. The van der Waals surface area contributed by atoms with E-state index >= 15 is 0 Å². The number of thiazole rings is 1. The second kappa shape index (κ2) is 8.99. The number of carbonyl (C=O) groups is 2. The number of amides is 1. The van der Waals surface area contributed by atoms with E-state index in [-0.39, 0.29) is 18.2 Å². The highest BCUT2D eigenvalue weighted by Gasteiger charge is 2.29. The Morgan fingerprint density at radius 3 is 2.50 bits per heavy atom. The number of aromatic nitrogens is 1. The van der Waals surface area contributed by atoms with Crippen molar-refractivity contribution in [3.8, 4) is 11.3 Å². The summed E-state index contributed by atoms with van der Waals surface area (Å²) in [6.45, 7) is 1.86. The van der Waals surface area contributed by atoms with Gasteiger partial charge in [0.05, 0.1) is 18.0 Å². The average molecular weight is 415 g/mol. The third-order valence-electron chi connectivity index (χ3n) is 4.54. The minimum Gasteiger partial charge on any atom is -0.481 e. The number of benzene rings is 2. The van der Waals surface area contributed by atoms with Crippen molar-refractivity contribution < 1.29 is 14.7 Å². The molecule has 3 rings (SSSR count). The Bertz CT molecular complexity index is 975. The van der Waals surface area contributed by atoms with E-state index in [1.165, 1.54) is 11.3 Å². The van der Waals surface area contributed by atoms with Gasteiger partial charge in [-0.3, -0.25) is 9.59 Å². The highest BCUT2D eigenvalue weighted by atomic mass is 35.5. The van der Waals surface area contributed by atoms with E-state index in [2.05, 4.69) is 10.3 Å². The lowest BCUT2D eigenvalue weighted by Gasteiger charge is -2.21. The Morgan fingerprint density at radius 2 is 1.82 bits per heavy atom. The van der Waals surface area contributed by atoms with Crippen molar-refractivity contribution in [1.29, 1.82) is 0 Å². The fraction of sp³-hybridized carbons (Fsp3) is 0.190. The van der Waals surface area contributed by atoms with Crippen LogP contribution in [0.15, 0.2) is 60.0 Å². The molecule has 1 amide bonds. The van der Waals surface area contributed by atoms with Gasteiger partial charge in [0.1, 0.15) is 0 Å². The van der Waals surface area contributed by atoms with Crippen molar-refractivity contribution in [2.24, 2.45) is 5.92 Å². The Labute approximate surface area is 172 Å². The molecular formula is C21H19ClN2O3S. The number of aliphatic carboxylic acids is 1. The summed E-state index contributed by atoms with van der Waals surface area (Å²) in [5.41, 5.74) is 2.36. The summed E-state index contributed by atoms with van der Waals surface area (Å²) >= 11 is 7.48. The summed E-state index contributed by atoms with van der Waals surface area (Å²) in [5, 5.41) is 14.8. The predicted octanol–water partition coefficient (Wildman–Crippen LogP) is 5.30. The smallest absolute Gasteiger partial charge is 0.304 e. The molecular weight excluding hydrogens is 396 g/mol. The van der Waals surface area contributed by atoms with E-state index in [1.807, 2.05) is 60.8 Å². The largest absolute Gasteiger partial charge is 0.481 e. The first-order chi connectivity index (χ1) is 13.5. The van der Waals surface area contributed by atoms with Crippen molar-refractivity contribution in [2.45, 2.75) is 19.3 Å². The van der Waals surface area contributed by atoms with Crippen LogP contribution in [-0.2, 0) is 9.59 Å². The first kappa shape index (κ1) is 20.0. The maximum Gasteiger partial charge on any atom is 0.304 e. The number of halogens is 1. The summed E-state index contributed by atoms with van der Waals surface area (Å²) in [6.07, 6.45) is -0.259. The fourth-order valence-corrected chi connectivity index (χ4v) is 3.94. The minimum atomic E-state index is -1.01. The van der Waals surface area contributed by atoms with Crippen LogP contribution in [0.1, 0.15) is 24.8 Å². The molecule has 2 unspecified atom stereocenters. The number of anilines is 1. The molecule has 0 saturated heterocycles. The van der Waals surface area contributed by atoms with Crippen molar-refractivity contribution >= 4 is 39.9 Å². The van der Waals surface area contributed by atoms with Crippen LogP contribution in [0, 0.1) is 5.92 Å². The zero-order valence-corrected chi connectivity index (χ0v) is 16.7. The summed E-state index contributed by atoms with van der Waals surface area (Å²) in [4.78, 5) is 28.6. The Hall–Kier alpha value is -2.70. The highest BCUT2D eigenvalue weighted by Crippen LogP contribution is 2.32. The molecule has 7 heteroatoms. The van der Waals surface area contributed by atoms with Gasteiger partial charge in [0, 0.05) is 16.0 Å². The molecule has 144 valence electrons. The van der Waals surface area contributed by atoms with Crippen molar-refractivity contribution in [3.63, 3.8) is 0 Å². The number of rotatable bonds is 7. The first-order valence-electron chi connectivity index (χ1n) is 8.73. The van der Waals surface area contributed by atoms with Gasteiger partial charge in [-0.15, -0.1) is 11.3 Å². The van der Waals surface area contributed by atoms with Crippen LogP contribution in [0.2, 0.25) is 5.02 Å². The average Bonchev–Trinajstić information content (AvgIpc) is 3.14. The Balaban J connectivity index is 1.79. The zero-order valence-electron chi connectivity index (χ0n) is 15.1. The summed E-state index contributed by atoms with van der Waals surface area (Å²) in [6, 6.07) is 16.8. The van der Waals surface area contributed by atoms with Gasteiger partial charge in [-0.1, -0.05) is 67.1 Å². The molecule has 0 aliphatic rings. The number of nitrogens with zero attached hydrogens (tertiary/aromatic N) is 1. The van der Waals surface area contributed by atoms with Crippen molar-refractivity contribution in [1.82, 2.24) is 4.98 Å². The molecule has 5 nitrogen and oxygen atoms in total. The second-order valence-electron chi connectivity index (χ2n) is 6.41. The predicted molar refractivity (Wildman–Crippen MR) is 112 cm³/mol. The first-order valence-corrected chi connectivity index (χ1v) is 9.99. The van der Waals surface area contributed by atoms with E-state index in [9.17, 15) is 14.7 Å². The topological polar surface area (TPSA) is 79.3 Å². The third-order valence-corrected chi connectivity index (χ3v) is 5.63. The molecule has 28 heavy (non-hydrogen) atoms. The quantitative estimate of drug-likeness (QED) is 0.550. The molecule has 0 aliphatic heterocycles. The minimum absolute atomic E-state index is 0.250. The standard InChI is InChI=1S/C21H19ClN2O3S/c1-13(14-7-3-2-4-8-14)16(11-19(25)26)20(27)24-21-23-18(12-28-21)15-9-5-6-10-17(15)22/h2-10,12-13,16H,11H2,1H3,(H,25,26)(H,23,24,27). The molecule has 2 aromatic carbocycles. The van der Waals surface area contributed by atoms with E-state index in [4.69, 9.17) is 11.6 Å². The van der Waals surface area contributed by atoms with Crippen LogP contribution in [0.4, 0.5) is 5.13 Å². The molecule has 0 spiro atoms. The monoisotopic (exact) mass is 414 g/mol. The van der Waals surface area contributed by atoms with Crippen LogP contribution in [0.3, 0.4) is 0 Å². The molecule has 3 aromatic rings. The fourth-order valence-electron chi connectivity index (χ4n) is 3.00. The molecule has 2 atom stereocenters. The van der Waals surface area contributed by atoms with Crippen LogP contribution in [-0.4, -0.2) is 22.0 Å². The van der Waals surface area contributed by atoms with Gasteiger partial charge in [-0.25, -0.2) is 4.98 Å². The van der Waals surface area contributed by atoms with Gasteiger partial charge in [0.2, 0.25) is 5.91 Å². The SMILES string of the molecule is CC(c1ccccc1)C(CC(=O)O)C(=O)Nc1nc(-c2ccccc2Cl)cs1. The lowest BCUT2D eigenvalue weighted by Crippen LogP contribution is -2.29. The number of carboxylic acids is 1. The number of hydrogen-bond acceptors (Lipinski definition) is 4. The lowest BCUT2D eigenvalue weighted by molar-refractivity contribution is -0.140. The van der Waals surface area contributed by atoms with Crippen molar-refractivity contribution in [2.75, 3.05) is 5.32 Å². The number of nitrogens with one attached hydrogen (secondary N) is 1. The van der Waals surface area contributed by atoms with Gasteiger partial charge in [0.25, 0.3) is 0 Å². The molecule has 1 heterocycles. The molecule has 0 radical (unpaired) electrons. The van der Waals surface area contributed by atoms with Crippen LogP contribution < -0.4 is 5.32 Å². The van der Waals surface area contributed by atoms with Gasteiger partial charge in [-0.05, 0) is 17.5 Å². The summed E-state index contributed by atoms with van der Waals surface area (Å²) in [7, 11) is 0. The van der Waals surface area contributed by atoms with Gasteiger partial charge in [0.15, 0.2) is 5.13 Å². The molecule has 0 saturated carbocycles. The second-order valence-corrected chi connectivity index (χ2v) is 7.68. The molecule has 1 aromatic heterocycles. The van der Waals surface area contributed by atoms with Gasteiger partial charge >= 0.3 is 5.97 Å².